The molecule has 1 aliphatic carbocycles. The van der Waals surface area contributed by atoms with Gasteiger partial charge in [-0.05, 0) is 47.5 Å². The summed E-state index contributed by atoms with van der Waals surface area (Å²) in [5, 5.41) is 9.60. The number of allylic oxidation sites excluding steroid dienone is 2. The zero-order valence-corrected chi connectivity index (χ0v) is 7.97. The second-order valence-corrected chi connectivity index (χ2v) is 3.69. The first-order chi connectivity index (χ1) is 4.93. The number of carbonyl (C=O) groups excluding carboxylic acids is 1. The van der Waals surface area contributed by atoms with Crippen molar-refractivity contribution in [2.24, 2.45) is 0 Å². The number of carbonyl (C=O) groups is 1. The van der Waals surface area contributed by atoms with Crippen LogP contribution in [-0.4, -0.2) is 16.5 Å². The third kappa shape index (κ3) is 1.60. The van der Waals surface area contributed by atoms with Crippen molar-refractivity contribution in [2.45, 2.75) is 19.4 Å². The van der Waals surface area contributed by atoms with Gasteiger partial charge in [0.25, 0.3) is 0 Å². The summed E-state index contributed by atoms with van der Waals surface area (Å²) in [6.45, 7) is 3.38. The van der Waals surface area contributed by atoms with Gasteiger partial charge in [0.05, 0.1) is 4.48 Å². The number of ketones is 1. The van der Waals surface area contributed by atoms with E-state index in [-0.39, 0.29) is 5.78 Å². The Balaban J connectivity index is 3.08. The molecule has 0 bridgehead atoms. The van der Waals surface area contributed by atoms with Crippen LogP contribution in [0, 0.1) is 0 Å². The molecule has 0 spiro atoms. The Morgan fingerprint density at radius 1 is 1.64 bits per heavy atom. The molecule has 0 heterocycles. The van der Waals surface area contributed by atoms with E-state index in [9.17, 15) is 9.90 Å². The molecule has 1 N–H and O–H groups in total. The molecule has 1 rings (SSSR count). The lowest BCUT2D eigenvalue weighted by atomic mass is 9.91. The molecule has 0 amide bonds. The third-order valence-corrected chi connectivity index (χ3v) is 2.41. The van der Waals surface area contributed by atoms with E-state index in [2.05, 4.69) is 15.9 Å². The van der Waals surface area contributed by atoms with E-state index in [0.717, 1.165) is 0 Å². The fourth-order valence-corrected chi connectivity index (χ4v) is 1.40. The summed E-state index contributed by atoms with van der Waals surface area (Å²) in [4.78, 5) is 11.0. The van der Waals surface area contributed by atoms with Crippen LogP contribution in [0.3, 0.4) is 0 Å². The van der Waals surface area contributed by atoms with Crippen LogP contribution in [0.2, 0.25) is 0 Å². The van der Waals surface area contributed by atoms with Crippen molar-refractivity contribution in [3.63, 3.8) is 0 Å². The molecule has 2 nitrogen and oxygen atoms in total. The summed E-state index contributed by atoms with van der Waals surface area (Å²) in [5.74, 6) is -0.0889. The molecule has 11 heavy (non-hydrogen) atoms. The molecule has 0 radical (unpaired) electrons. The lowest BCUT2D eigenvalue weighted by Gasteiger charge is -2.23. The first kappa shape index (κ1) is 8.68. The number of hydrogen-bond acceptors (Lipinski definition) is 2. The Hall–Kier alpha value is -0.410. The fraction of sp³-hybridized carbons (Fsp3) is 0.375. The van der Waals surface area contributed by atoms with Gasteiger partial charge in [0, 0.05) is 0 Å². The Labute approximate surface area is 73.7 Å². The maximum Gasteiger partial charge on any atom is 0.192 e. The molecular formula is C8H9BrO2. The van der Waals surface area contributed by atoms with Crippen molar-refractivity contribution in [3.05, 3.63) is 22.2 Å². The highest BCUT2D eigenvalue weighted by atomic mass is 79.9. The van der Waals surface area contributed by atoms with Gasteiger partial charge >= 0.3 is 0 Å². The minimum atomic E-state index is -0.979. The maximum absolute atomic E-state index is 11.0. The molecule has 0 aliphatic heterocycles. The van der Waals surface area contributed by atoms with E-state index >= 15 is 0 Å². The molecule has 0 saturated carbocycles. The summed E-state index contributed by atoms with van der Waals surface area (Å²) >= 11 is 3.06. The van der Waals surface area contributed by atoms with Crippen LogP contribution in [-0.2, 0) is 4.79 Å². The van der Waals surface area contributed by atoms with Crippen LogP contribution in [0.4, 0.5) is 0 Å². The van der Waals surface area contributed by atoms with Crippen LogP contribution in [0.15, 0.2) is 22.2 Å². The zero-order chi connectivity index (χ0) is 8.65. The number of hydrogen-bond donors (Lipinski definition) is 1. The van der Waals surface area contributed by atoms with Crippen molar-refractivity contribution < 1.29 is 9.90 Å². The number of rotatable bonds is 0. The van der Waals surface area contributed by atoms with E-state index in [0.29, 0.717) is 10.1 Å². The van der Waals surface area contributed by atoms with Gasteiger partial charge in [-0.2, -0.15) is 0 Å². The monoisotopic (exact) mass is 216 g/mol. The van der Waals surface area contributed by atoms with E-state index in [1.807, 2.05) is 0 Å². The van der Waals surface area contributed by atoms with Gasteiger partial charge in [-0.15, -0.1) is 0 Å². The Morgan fingerprint density at radius 3 is 2.64 bits per heavy atom. The lowest BCUT2D eigenvalue weighted by Crippen LogP contribution is -2.27. The normalized spacial score (nSPS) is 31.5. The lowest BCUT2D eigenvalue weighted by molar-refractivity contribution is -0.111. The van der Waals surface area contributed by atoms with Gasteiger partial charge in [-0.3, -0.25) is 4.79 Å². The predicted octanol–water partition coefficient (Wildman–Crippen LogP) is 1.55. The largest absolute Gasteiger partial charge is 0.382 e. The quantitative estimate of drug-likeness (QED) is 0.668. The fourth-order valence-electron chi connectivity index (χ4n) is 0.843. The molecule has 0 aromatic heterocycles. The van der Waals surface area contributed by atoms with Crippen LogP contribution in [0.5, 0.6) is 0 Å². The molecule has 3 heteroatoms. The van der Waals surface area contributed by atoms with E-state index in [4.69, 9.17) is 0 Å². The highest BCUT2D eigenvalue weighted by Gasteiger charge is 2.26. The van der Waals surface area contributed by atoms with Crippen molar-refractivity contribution in [1.29, 1.82) is 0 Å². The number of aliphatic hydroxyl groups is 1. The van der Waals surface area contributed by atoms with Gasteiger partial charge in [0.2, 0.25) is 0 Å². The molecule has 0 aromatic rings. The summed E-state index contributed by atoms with van der Waals surface area (Å²) in [6.07, 6.45) is 2.94. The molecule has 0 saturated heterocycles. The second kappa shape index (κ2) is 2.57. The maximum atomic E-state index is 11.0. The Morgan fingerprint density at radius 2 is 2.18 bits per heavy atom. The average Bonchev–Trinajstić information content (AvgIpc) is 1.83. The van der Waals surface area contributed by atoms with Gasteiger partial charge in [0.15, 0.2) is 5.78 Å². The van der Waals surface area contributed by atoms with Gasteiger partial charge in [-0.25, -0.2) is 0 Å². The van der Waals surface area contributed by atoms with Crippen molar-refractivity contribution >= 4 is 21.7 Å². The highest BCUT2D eigenvalue weighted by Crippen LogP contribution is 2.27. The summed E-state index contributed by atoms with van der Waals surface area (Å²) in [7, 11) is 0. The SMILES string of the molecule is CC1=CC(=O)C(Br)=C[C@]1(C)O. The predicted molar refractivity (Wildman–Crippen MR) is 46.4 cm³/mol. The zero-order valence-electron chi connectivity index (χ0n) is 6.39. The molecule has 1 aliphatic rings. The summed E-state index contributed by atoms with van der Waals surface area (Å²) in [5.41, 5.74) is -0.307. The summed E-state index contributed by atoms with van der Waals surface area (Å²) in [6, 6.07) is 0. The average molecular weight is 217 g/mol. The highest BCUT2D eigenvalue weighted by molar-refractivity contribution is 9.12. The van der Waals surface area contributed by atoms with Gasteiger partial charge in [-0.1, -0.05) is 0 Å². The smallest absolute Gasteiger partial charge is 0.192 e. The first-order valence-corrected chi connectivity index (χ1v) is 4.06. The standard InChI is InChI=1S/C8H9BrO2/c1-5-3-7(10)6(9)4-8(5,2)11/h3-4,11H,1-2H3/t8-/m0/s1. The van der Waals surface area contributed by atoms with Crippen molar-refractivity contribution in [1.82, 2.24) is 0 Å². The second-order valence-electron chi connectivity index (χ2n) is 2.83. The summed E-state index contributed by atoms with van der Waals surface area (Å²) < 4.78 is 0.424. The molecule has 60 valence electrons. The molecular weight excluding hydrogens is 208 g/mol. The van der Waals surface area contributed by atoms with Gasteiger partial charge in [0.1, 0.15) is 5.60 Å². The molecule has 1 atom stereocenters. The van der Waals surface area contributed by atoms with Gasteiger partial charge < -0.3 is 5.11 Å². The third-order valence-electron chi connectivity index (χ3n) is 1.79. The van der Waals surface area contributed by atoms with E-state index in [1.54, 1.807) is 13.8 Å². The number of halogens is 1. The molecule has 0 fully saturated rings. The Kier molecular flexibility index (Phi) is 2.03. The molecule has 0 unspecified atom stereocenters. The minimum absolute atomic E-state index is 0.0889. The minimum Gasteiger partial charge on any atom is -0.382 e. The van der Waals surface area contributed by atoms with Crippen molar-refractivity contribution in [3.8, 4) is 0 Å². The van der Waals surface area contributed by atoms with E-state index in [1.165, 1.54) is 12.2 Å². The van der Waals surface area contributed by atoms with E-state index < -0.39 is 5.60 Å². The van der Waals surface area contributed by atoms with Crippen LogP contribution >= 0.6 is 15.9 Å². The Bertz CT molecular complexity index is 261. The topological polar surface area (TPSA) is 37.3 Å². The molecule has 0 aromatic carbocycles. The van der Waals surface area contributed by atoms with Crippen LogP contribution < -0.4 is 0 Å². The van der Waals surface area contributed by atoms with Crippen LogP contribution in [0.25, 0.3) is 0 Å². The van der Waals surface area contributed by atoms with Crippen LogP contribution in [0.1, 0.15) is 13.8 Å². The van der Waals surface area contributed by atoms with Crippen molar-refractivity contribution in [2.75, 3.05) is 0 Å². The first-order valence-electron chi connectivity index (χ1n) is 3.27.